The first-order chi connectivity index (χ1) is 14.2. The molecule has 6 nitrogen and oxygen atoms in total. The summed E-state index contributed by atoms with van der Waals surface area (Å²) < 4.78 is 6.47. The van der Waals surface area contributed by atoms with Crippen LogP contribution < -0.4 is 4.90 Å². The molecule has 2 aromatic carbocycles. The Balaban J connectivity index is 1.82. The van der Waals surface area contributed by atoms with Crippen molar-refractivity contribution in [1.82, 2.24) is 14.6 Å². The third kappa shape index (κ3) is 4.07. The minimum Gasteiger partial charge on any atom is -0.465 e. The summed E-state index contributed by atoms with van der Waals surface area (Å²) >= 11 is 6.32. The number of methoxy groups -OCH3 is 1. The molecule has 2 aromatic heterocycles. The molecule has 0 radical (unpaired) electrons. The van der Waals surface area contributed by atoms with Crippen molar-refractivity contribution in [3.8, 4) is 0 Å². The smallest absolute Gasteiger partial charge is 0.343 e. The van der Waals surface area contributed by atoms with Gasteiger partial charge in [-0.15, -0.1) is 0 Å². The topological polar surface area (TPSA) is 59.7 Å². The summed E-state index contributed by atoms with van der Waals surface area (Å²) in [4.78, 5) is 18.5. The lowest BCUT2D eigenvalue weighted by Crippen LogP contribution is -2.25. The second-order valence-corrected chi connectivity index (χ2v) is 6.94. The second kappa shape index (κ2) is 8.32. The van der Waals surface area contributed by atoms with E-state index in [1.165, 1.54) is 13.3 Å². The third-order valence-corrected chi connectivity index (χ3v) is 4.78. The highest BCUT2D eigenvalue weighted by molar-refractivity contribution is 6.29. The van der Waals surface area contributed by atoms with Crippen LogP contribution in [0.5, 0.6) is 0 Å². The fourth-order valence-electron chi connectivity index (χ4n) is 3.22. The van der Waals surface area contributed by atoms with Crippen LogP contribution in [0.2, 0.25) is 5.15 Å². The zero-order valence-electron chi connectivity index (χ0n) is 15.8. The number of esters is 1. The normalized spacial score (nSPS) is 10.8. The largest absolute Gasteiger partial charge is 0.465 e. The number of fused-ring (bicyclic) bond motifs is 1. The first-order valence-electron chi connectivity index (χ1n) is 9.11. The number of halogens is 1. The van der Waals surface area contributed by atoms with Crippen molar-refractivity contribution in [3.63, 3.8) is 0 Å². The van der Waals surface area contributed by atoms with E-state index in [9.17, 15) is 4.79 Å². The molecule has 0 amide bonds. The van der Waals surface area contributed by atoms with Crippen molar-refractivity contribution in [1.29, 1.82) is 0 Å². The molecule has 4 aromatic rings. The van der Waals surface area contributed by atoms with E-state index in [4.69, 9.17) is 16.3 Å². The Labute approximate surface area is 173 Å². The van der Waals surface area contributed by atoms with Gasteiger partial charge in [-0.25, -0.2) is 9.78 Å². The first kappa shape index (κ1) is 19.0. The van der Waals surface area contributed by atoms with Crippen molar-refractivity contribution in [2.24, 2.45) is 0 Å². The molecule has 0 spiro atoms. The summed E-state index contributed by atoms with van der Waals surface area (Å²) in [7, 11) is 1.33. The Bertz CT molecular complexity index is 1090. The maximum absolute atomic E-state index is 12.1. The van der Waals surface area contributed by atoms with Crippen molar-refractivity contribution in [3.05, 3.63) is 94.8 Å². The van der Waals surface area contributed by atoms with E-state index >= 15 is 0 Å². The van der Waals surface area contributed by atoms with E-state index in [1.54, 1.807) is 10.6 Å². The maximum atomic E-state index is 12.1. The van der Waals surface area contributed by atoms with Gasteiger partial charge in [0, 0.05) is 19.2 Å². The summed E-state index contributed by atoms with van der Waals surface area (Å²) in [5.41, 5.74) is 2.93. The van der Waals surface area contributed by atoms with Gasteiger partial charge >= 0.3 is 5.97 Å². The standard InChI is InChI=1S/C22H19ClN4O2/c1-29-22(28)18-13-24-27-20(12-19(23)25-21(18)27)26(14-16-8-4-2-5-9-16)15-17-10-6-3-7-11-17/h2-13H,14-15H2,1H3. The number of ether oxygens (including phenoxy) is 1. The molecule has 0 aliphatic carbocycles. The Kier molecular flexibility index (Phi) is 5.44. The molecular formula is C22H19ClN4O2. The van der Waals surface area contributed by atoms with Gasteiger partial charge < -0.3 is 9.64 Å². The molecule has 0 N–H and O–H groups in total. The van der Waals surface area contributed by atoms with Gasteiger partial charge in [-0.05, 0) is 11.1 Å². The van der Waals surface area contributed by atoms with Crippen molar-refractivity contribution < 1.29 is 9.53 Å². The highest BCUT2D eigenvalue weighted by atomic mass is 35.5. The number of hydrogen-bond acceptors (Lipinski definition) is 5. The molecule has 0 fully saturated rings. The van der Waals surface area contributed by atoms with E-state index in [2.05, 4.69) is 39.2 Å². The van der Waals surface area contributed by atoms with Gasteiger partial charge in [-0.1, -0.05) is 72.3 Å². The molecule has 0 aliphatic rings. The summed E-state index contributed by atoms with van der Waals surface area (Å²) in [5.74, 6) is 0.237. The van der Waals surface area contributed by atoms with Gasteiger partial charge in [-0.3, -0.25) is 0 Å². The lowest BCUT2D eigenvalue weighted by Gasteiger charge is -2.25. The SMILES string of the molecule is COC(=O)c1cnn2c(N(Cc3ccccc3)Cc3ccccc3)cc(Cl)nc12. The molecule has 0 saturated carbocycles. The predicted octanol–water partition coefficient (Wildman–Crippen LogP) is 4.38. The molecule has 0 unspecified atom stereocenters. The van der Waals surface area contributed by atoms with Crippen LogP contribution in [-0.4, -0.2) is 27.7 Å². The lowest BCUT2D eigenvalue weighted by molar-refractivity contribution is 0.0602. The van der Waals surface area contributed by atoms with E-state index in [-0.39, 0.29) is 10.7 Å². The van der Waals surface area contributed by atoms with Crippen molar-refractivity contribution in [2.75, 3.05) is 12.0 Å². The van der Waals surface area contributed by atoms with Crippen LogP contribution in [0.4, 0.5) is 5.82 Å². The Morgan fingerprint density at radius 1 is 1.03 bits per heavy atom. The van der Waals surface area contributed by atoms with E-state index < -0.39 is 5.97 Å². The Morgan fingerprint density at radius 3 is 2.17 bits per heavy atom. The Morgan fingerprint density at radius 2 is 1.62 bits per heavy atom. The number of aromatic nitrogens is 3. The second-order valence-electron chi connectivity index (χ2n) is 6.55. The number of anilines is 1. The highest BCUT2D eigenvalue weighted by Crippen LogP contribution is 2.25. The summed E-state index contributed by atoms with van der Waals surface area (Å²) in [6.07, 6.45) is 1.46. The molecule has 0 aliphatic heterocycles. The number of carbonyl (C=O) groups excluding carboxylic acids is 1. The molecular weight excluding hydrogens is 388 g/mol. The first-order valence-corrected chi connectivity index (χ1v) is 9.49. The Hall–Kier alpha value is -3.38. The molecule has 146 valence electrons. The van der Waals surface area contributed by atoms with Crippen molar-refractivity contribution in [2.45, 2.75) is 13.1 Å². The van der Waals surface area contributed by atoms with Crippen LogP contribution >= 0.6 is 11.6 Å². The van der Waals surface area contributed by atoms with Crippen LogP contribution in [-0.2, 0) is 17.8 Å². The number of rotatable bonds is 6. The minimum absolute atomic E-state index is 0.274. The molecule has 2 heterocycles. The monoisotopic (exact) mass is 406 g/mol. The zero-order chi connectivity index (χ0) is 20.2. The van der Waals surface area contributed by atoms with Crippen LogP contribution in [0.3, 0.4) is 0 Å². The fourth-order valence-corrected chi connectivity index (χ4v) is 3.40. The number of benzene rings is 2. The summed E-state index contributed by atoms with van der Waals surface area (Å²) in [6.45, 7) is 1.27. The van der Waals surface area contributed by atoms with Crippen LogP contribution in [0.25, 0.3) is 5.65 Å². The molecule has 0 saturated heterocycles. The molecule has 7 heteroatoms. The van der Waals surface area contributed by atoms with Crippen LogP contribution in [0.15, 0.2) is 72.9 Å². The van der Waals surface area contributed by atoms with E-state index in [0.29, 0.717) is 18.7 Å². The third-order valence-electron chi connectivity index (χ3n) is 4.58. The summed E-state index contributed by atoms with van der Waals surface area (Å²) in [5, 5.41) is 4.67. The fraction of sp³-hybridized carbons (Fsp3) is 0.136. The van der Waals surface area contributed by atoms with Gasteiger partial charge in [0.15, 0.2) is 5.65 Å². The predicted molar refractivity (Wildman–Crippen MR) is 112 cm³/mol. The molecule has 0 atom stereocenters. The molecule has 0 bridgehead atoms. The highest BCUT2D eigenvalue weighted by Gasteiger charge is 2.20. The van der Waals surface area contributed by atoms with Crippen LogP contribution in [0.1, 0.15) is 21.5 Å². The van der Waals surface area contributed by atoms with Crippen molar-refractivity contribution >= 4 is 29.0 Å². The van der Waals surface area contributed by atoms with Gasteiger partial charge in [-0.2, -0.15) is 9.61 Å². The van der Waals surface area contributed by atoms with Gasteiger partial charge in [0.2, 0.25) is 0 Å². The molecule has 4 rings (SSSR count). The lowest BCUT2D eigenvalue weighted by atomic mass is 10.1. The van der Waals surface area contributed by atoms with Crippen LogP contribution in [0, 0.1) is 0 Å². The maximum Gasteiger partial charge on any atom is 0.343 e. The van der Waals surface area contributed by atoms with E-state index in [0.717, 1.165) is 16.9 Å². The van der Waals surface area contributed by atoms with E-state index in [1.807, 2.05) is 36.4 Å². The van der Waals surface area contributed by atoms with Gasteiger partial charge in [0.1, 0.15) is 16.5 Å². The quantitative estimate of drug-likeness (QED) is 0.351. The molecule has 29 heavy (non-hydrogen) atoms. The average molecular weight is 407 g/mol. The number of hydrogen-bond donors (Lipinski definition) is 0. The van der Waals surface area contributed by atoms with Gasteiger partial charge in [0.05, 0.1) is 13.3 Å². The average Bonchev–Trinajstić information content (AvgIpc) is 3.17. The van der Waals surface area contributed by atoms with Gasteiger partial charge in [0.25, 0.3) is 0 Å². The minimum atomic E-state index is -0.501. The zero-order valence-corrected chi connectivity index (χ0v) is 16.6. The number of carbonyl (C=O) groups is 1. The number of nitrogens with zero attached hydrogens (tertiary/aromatic N) is 4. The summed E-state index contributed by atoms with van der Waals surface area (Å²) in [6, 6.07) is 22.1.